The van der Waals surface area contributed by atoms with E-state index >= 15 is 0 Å². The first-order chi connectivity index (χ1) is 10.2. The van der Waals surface area contributed by atoms with E-state index < -0.39 is 0 Å². The maximum Gasteiger partial charge on any atom is 0.0897 e. The molecular formula is C18H35NO2. The third-order valence-electron chi connectivity index (χ3n) is 5.16. The van der Waals surface area contributed by atoms with Crippen molar-refractivity contribution in [1.82, 2.24) is 5.32 Å². The molecule has 3 unspecified atom stereocenters. The average Bonchev–Trinajstić information content (AvgIpc) is 2.44. The molecule has 2 fully saturated rings. The SMILES string of the molecule is CC1CCCC(OCC(O)CNC2CCCCCCC2)C1. The summed E-state index contributed by atoms with van der Waals surface area (Å²) in [5.74, 6) is 0.786. The van der Waals surface area contributed by atoms with Gasteiger partial charge in [0, 0.05) is 12.6 Å². The molecular weight excluding hydrogens is 262 g/mol. The van der Waals surface area contributed by atoms with Gasteiger partial charge in [-0.25, -0.2) is 0 Å². The molecule has 0 bridgehead atoms. The molecule has 2 N–H and O–H groups in total. The van der Waals surface area contributed by atoms with Gasteiger partial charge in [-0.15, -0.1) is 0 Å². The summed E-state index contributed by atoms with van der Waals surface area (Å²) in [4.78, 5) is 0. The van der Waals surface area contributed by atoms with Crippen molar-refractivity contribution in [2.45, 2.75) is 95.8 Å². The molecule has 3 heteroatoms. The Bertz CT molecular complexity index is 264. The van der Waals surface area contributed by atoms with Gasteiger partial charge in [-0.1, -0.05) is 51.9 Å². The molecule has 0 aliphatic heterocycles. The summed E-state index contributed by atoms with van der Waals surface area (Å²) < 4.78 is 5.91. The van der Waals surface area contributed by atoms with Crippen molar-refractivity contribution in [3.8, 4) is 0 Å². The summed E-state index contributed by atoms with van der Waals surface area (Å²) in [6, 6.07) is 0.606. The Hall–Kier alpha value is -0.120. The van der Waals surface area contributed by atoms with E-state index in [0.29, 0.717) is 25.3 Å². The highest BCUT2D eigenvalue weighted by Gasteiger charge is 2.20. The topological polar surface area (TPSA) is 41.5 Å². The first kappa shape index (κ1) is 17.2. The van der Waals surface area contributed by atoms with Gasteiger partial charge in [0.15, 0.2) is 0 Å². The van der Waals surface area contributed by atoms with E-state index in [9.17, 15) is 5.11 Å². The van der Waals surface area contributed by atoms with E-state index in [2.05, 4.69) is 12.2 Å². The molecule has 2 saturated carbocycles. The van der Waals surface area contributed by atoms with Gasteiger partial charge in [0.1, 0.15) is 0 Å². The van der Waals surface area contributed by atoms with Crippen LogP contribution in [-0.4, -0.2) is 36.5 Å². The van der Waals surface area contributed by atoms with Crippen LogP contribution in [0.2, 0.25) is 0 Å². The fourth-order valence-corrected chi connectivity index (χ4v) is 3.80. The molecule has 2 rings (SSSR count). The number of rotatable bonds is 6. The molecule has 124 valence electrons. The van der Waals surface area contributed by atoms with Crippen molar-refractivity contribution in [3.05, 3.63) is 0 Å². The predicted molar refractivity (Wildman–Crippen MR) is 87.5 cm³/mol. The Morgan fingerprint density at radius 2 is 1.71 bits per heavy atom. The summed E-state index contributed by atoms with van der Waals surface area (Å²) in [5.41, 5.74) is 0. The van der Waals surface area contributed by atoms with E-state index in [4.69, 9.17) is 4.74 Å². The lowest BCUT2D eigenvalue weighted by Gasteiger charge is -2.28. The number of hydrogen-bond donors (Lipinski definition) is 2. The minimum Gasteiger partial charge on any atom is -0.389 e. The molecule has 0 saturated heterocycles. The van der Waals surface area contributed by atoms with Crippen LogP contribution in [0.5, 0.6) is 0 Å². The summed E-state index contributed by atoms with van der Waals surface area (Å²) in [5, 5.41) is 13.7. The fraction of sp³-hybridized carbons (Fsp3) is 1.00. The predicted octanol–water partition coefficient (Wildman–Crippen LogP) is 3.65. The maximum absolute atomic E-state index is 10.1. The van der Waals surface area contributed by atoms with E-state index in [1.807, 2.05) is 0 Å². The minimum absolute atomic E-state index is 0.354. The highest BCUT2D eigenvalue weighted by molar-refractivity contribution is 4.74. The molecule has 2 aliphatic rings. The van der Waals surface area contributed by atoms with Gasteiger partial charge in [0.2, 0.25) is 0 Å². The van der Waals surface area contributed by atoms with Gasteiger partial charge >= 0.3 is 0 Å². The van der Waals surface area contributed by atoms with Crippen LogP contribution in [0.3, 0.4) is 0 Å². The molecule has 0 radical (unpaired) electrons. The molecule has 0 aromatic carbocycles. The molecule has 0 aromatic rings. The first-order valence-electron chi connectivity index (χ1n) is 9.27. The summed E-state index contributed by atoms with van der Waals surface area (Å²) in [6.45, 7) is 3.49. The third-order valence-corrected chi connectivity index (χ3v) is 5.16. The third kappa shape index (κ3) is 7.12. The van der Waals surface area contributed by atoms with Gasteiger partial charge in [0.05, 0.1) is 18.8 Å². The lowest BCUT2D eigenvalue weighted by molar-refractivity contribution is -0.0313. The lowest BCUT2D eigenvalue weighted by atomic mass is 9.89. The second-order valence-corrected chi connectivity index (χ2v) is 7.33. The molecule has 0 aromatic heterocycles. The van der Waals surface area contributed by atoms with Gasteiger partial charge in [-0.2, -0.15) is 0 Å². The van der Waals surface area contributed by atoms with Gasteiger partial charge in [-0.05, 0) is 31.6 Å². The molecule has 2 aliphatic carbocycles. The van der Waals surface area contributed by atoms with E-state index in [1.54, 1.807) is 0 Å². The van der Waals surface area contributed by atoms with Crippen LogP contribution in [-0.2, 0) is 4.74 Å². The zero-order valence-corrected chi connectivity index (χ0v) is 13.9. The van der Waals surface area contributed by atoms with Crippen molar-refractivity contribution < 1.29 is 9.84 Å². The van der Waals surface area contributed by atoms with Crippen molar-refractivity contribution in [2.75, 3.05) is 13.2 Å². The lowest BCUT2D eigenvalue weighted by Crippen LogP contribution is -2.38. The molecule has 3 nitrogen and oxygen atoms in total. The van der Waals surface area contributed by atoms with Crippen LogP contribution in [0.4, 0.5) is 0 Å². The van der Waals surface area contributed by atoms with Gasteiger partial charge in [0.25, 0.3) is 0 Å². The average molecular weight is 297 g/mol. The second kappa shape index (κ2) is 9.81. The van der Waals surface area contributed by atoms with Gasteiger partial charge in [-0.3, -0.25) is 0 Å². The number of nitrogens with one attached hydrogen (secondary N) is 1. The standard InChI is InChI=1S/C18H35NO2/c1-15-8-7-11-18(12-15)21-14-17(20)13-19-16-9-5-3-2-4-6-10-16/h15-20H,2-14H2,1H3. The smallest absolute Gasteiger partial charge is 0.0897 e. The van der Waals surface area contributed by atoms with Crippen molar-refractivity contribution in [1.29, 1.82) is 0 Å². The Labute approximate surface area is 130 Å². The van der Waals surface area contributed by atoms with Crippen LogP contribution in [0.15, 0.2) is 0 Å². The van der Waals surface area contributed by atoms with Crippen LogP contribution < -0.4 is 5.32 Å². The van der Waals surface area contributed by atoms with Crippen molar-refractivity contribution in [2.24, 2.45) is 5.92 Å². The van der Waals surface area contributed by atoms with Crippen LogP contribution in [0.25, 0.3) is 0 Å². The van der Waals surface area contributed by atoms with Crippen LogP contribution in [0, 0.1) is 5.92 Å². The normalized spacial score (nSPS) is 30.6. The second-order valence-electron chi connectivity index (χ2n) is 7.33. The molecule has 0 amide bonds. The fourth-order valence-electron chi connectivity index (χ4n) is 3.80. The van der Waals surface area contributed by atoms with E-state index in [1.165, 1.54) is 70.6 Å². The number of hydrogen-bond acceptors (Lipinski definition) is 3. The Kier molecular flexibility index (Phi) is 8.05. The molecule has 21 heavy (non-hydrogen) atoms. The monoisotopic (exact) mass is 297 g/mol. The molecule has 0 spiro atoms. The highest BCUT2D eigenvalue weighted by Crippen LogP contribution is 2.25. The first-order valence-corrected chi connectivity index (χ1v) is 9.27. The Balaban J connectivity index is 1.56. The summed E-state index contributed by atoms with van der Waals surface area (Å²) in [6.07, 6.45) is 14.4. The number of aliphatic hydroxyl groups is 1. The number of ether oxygens (including phenoxy) is 1. The number of aliphatic hydroxyl groups excluding tert-OH is 1. The molecule has 3 atom stereocenters. The molecule has 0 heterocycles. The van der Waals surface area contributed by atoms with Crippen molar-refractivity contribution in [3.63, 3.8) is 0 Å². The quantitative estimate of drug-likeness (QED) is 0.786. The maximum atomic E-state index is 10.1. The van der Waals surface area contributed by atoms with Crippen LogP contribution >= 0.6 is 0 Å². The minimum atomic E-state index is -0.354. The largest absolute Gasteiger partial charge is 0.389 e. The Morgan fingerprint density at radius 3 is 2.43 bits per heavy atom. The van der Waals surface area contributed by atoms with E-state index in [0.717, 1.165) is 5.92 Å². The highest BCUT2D eigenvalue weighted by atomic mass is 16.5. The Morgan fingerprint density at radius 1 is 1.00 bits per heavy atom. The van der Waals surface area contributed by atoms with E-state index in [-0.39, 0.29) is 6.10 Å². The van der Waals surface area contributed by atoms with Crippen molar-refractivity contribution >= 4 is 0 Å². The summed E-state index contributed by atoms with van der Waals surface area (Å²) in [7, 11) is 0. The summed E-state index contributed by atoms with van der Waals surface area (Å²) >= 11 is 0. The zero-order valence-electron chi connectivity index (χ0n) is 13.9. The van der Waals surface area contributed by atoms with Gasteiger partial charge < -0.3 is 15.2 Å². The van der Waals surface area contributed by atoms with Crippen LogP contribution in [0.1, 0.15) is 77.6 Å². The zero-order chi connectivity index (χ0) is 14.9.